The van der Waals surface area contributed by atoms with E-state index in [9.17, 15) is 4.79 Å². The highest BCUT2D eigenvalue weighted by atomic mass is 32.1. The molecule has 1 aromatic heterocycles. The molecule has 1 aliphatic rings. The molecule has 0 aliphatic carbocycles. The van der Waals surface area contributed by atoms with Crippen molar-refractivity contribution in [3.8, 4) is 0 Å². The van der Waals surface area contributed by atoms with Gasteiger partial charge in [0.25, 0.3) is 0 Å². The third-order valence-corrected chi connectivity index (χ3v) is 3.92. The van der Waals surface area contributed by atoms with Crippen LogP contribution in [0.3, 0.4) is 0 Å². The highest BCUT2D eigenvalue weighted by molar-refractivity contribution is 7.13. The predicted molar refractivity (Wildman–Crippen MR) is 70.2 cm³/mol. The third kappa shape index (κ3) is 3.51. The molecule has 0 radical (unpaired) electrons. The molecule has 0 saturated carbocycles. The molecule has 0 unspecified atom stereocenters. The maximum atomic E-state index is 12.0. The van der Waals surface area contributed by atoms with Crippen molar-refractivity contribution in [2.24, 2.45) is 0 Å². The van der Waals surface area contributed by atoms with Crippen LogP contribution in [0.5, 0.6) is 0 Å². The zero-order valence-corrected chi connectivity index (χ0v) is 11.0. The Hall–Kier alpha value is -0.940. The summed E-state index contributed by atoms with van der Waals surface area (Å²) >= 11 is 1.46. The number of thiazole rings is 1. The van der Waals surface area contributed by atoms with Crippen molar-refractivity contribution >= 4 is 22.4 Å². The number of aromatic nitrogens is 1. The SMILES string of the molecule is C[C@H](C(=O)Nc1nccs1)N1CCCCCC1. The maximum absolute atomic E-state index is 12.0. The lowest BCUT2D eigenvalue weighted by atomic mass is 10.2. The number of rotatable bonds is 3. The lowest BCUT2D eigenvalue weighted by Gasteiger charge is -2.26. The fourth-order valence-electron chi connectivity index (χ4n) is 2.14. The highest BCUT2D eigenvalue weighted by Gasteiger charge is 2.22. The summed E-state index contributed by atoms with van der Waals surface area (Å²) in [5.74, 6) is 0.0573. The minimum Gasteiger partial charge on any atom is -0.301 e. The molecular weight excluding hydrogens is 234 g/mol. The van der Waals surface area contributed by atoms with E-state index >= 15 is 0 Å². The molecule has 1 aromatic rings. The van der Waals surface area contributed by atoms with Crippen molar-refractivity contribution in [1.82, 2.24) is 9.88 Å². The molecule has 1 atom stereocenters. The fourth-order valence-corrected chi connectivity index (χ4v) is 2.68. The van der Waals surface area contributed by atoms with Gasteiger partial charge in [-0.15, -0.1) is 11.3 Å². The van der Waals surface area contributed by atoms with Gasteiger partial charge in [0.2, 0.25) is 5.91 Å². The van der Waals surface area contributed by atoms with Gasteiger partial charge in [0.15, 0.2) is 5.13 Å². The number of carbonyl (C=O) groups is 1. The standard InChI is InChI=1S/C12H19N3OS/c1-10(15-7-4-2-3-5-8-15)11(16)14-12-13-6-9-17-12/h6,9-10H,2-5,7-8H2,1H3,(H,13,14,16)/t10-/m1/s1. The fraction of sp³-hybridized carbons (Fsp3) is 0.667. The van der Waals surface area contributed by atoms with Crippen molar-refractivity contribution in [3.05, 3.63) is 11.6 Å². The van der Waals surface area contributed by atoms with Crippen LogP contribution in [0.1, 0.15) is 32.6 Å². The van der Waals surface area contributed by atoms with Crippen molar-refractivity contribution in [2.45, 2.75) is 38.6 Å². The molecule has 1 saturated heterocycles. The Morgan fingerprint density at radius 1 is 1.41 bits per heavy atom. The molecule has 1 aliphatic heterocycles. The Balaban J connectivity index is 1.89. The first-order valence-corrected chi connectivity index (χ1v) is 7.10. The Bertz CT molecular complexity index is 345. The number of hydrogen-bond acceptors (Lipinski definition) is 4. The van der Waals surface area contributed by atoms with Gasteiger partial charge in [-0.3, -0.25) is 9.69 Å². The van der Waals surface area contributed by atoms with Gasteiger partial charge in [0.1, 0.15) is 0 Å². The normalized spacial score (nSPS) is 19.6. The topological polar surface area (TPSA) is 45.2 Å². The van der Waals surface area contributed by atoms with E-state index in [1.807, 2.05) is 12.3 Å². The largest absolute Gasteiger partial charge is 0.301 e. The third-order valence-electron chi connectivity index (χ3n) is 3.23. The van der Waals surface area contributed by atoms with E-state index in [-0.39, 0.29) is 11.9 Å². The Kier molecular flexibility index (Phi) is 4.50. The summed E-state index contributed by atoms with van der Waals surface area (Å²) in [7, 11) is 0. The van der Waals surface area contributed by atoms with Crippen molar-refractivity contribution in [3.63, 3.8) is 0 Å². The van der Waals surface area contributed by atoms with Crippen LogP contribution in [0.2, 0.25) is 0 Å². The predicted octanol–water partition coefficient (Wildman–Crippen LogP) is 2.35. The highest BCUT2D eigenvalue weighted by Crippen LogP contribution is 2.15. The van der Waals surface area contributed by atoms with E-state index in [4.69, 9.17) is 0 Å². The molecule has 5 heteroatoms. The Morgan fingerprint density at radius 3 is 2.71 bits per heavy atom. The summed E-state index contributed by atoms with van der Waals surface area (Å²) in [6, 6.07) is -0.0583. The molecule has 0 aromatic carbocycles. The summed E-state index contributed by atoms with van der Waals surface area (Å²) in [6.07, 6.45) is 6.69. The number of anilines is 1. The number of nitrogens with zero attached hydrogens (tertiary/aromatic N) is 2. The zero-order chi connectivity index (χ0) is 12.1. The number of nitrogens with one attached hydrogen (secondary N) is 1. The molecule has 0 spiro atoms. The molecule has 17 heavy (non-hydrogen) atoms. The zero-order valence-electron chi connectivity index (χ0n) is 10.2. The van der Waals surface area contributed by atoms with Crippen LogP contribution in [0.4, 0.5) is 5.13 Å². The molecule has 2 rings (SSSR count). The van der Waals surface area contributed by atoms with E-state index in [1.165, 1.54) is 37.0 Å². The summed E-state index contributed by atoms with van der Waals surface area (Å²) in [6.45, 7) is 4.05. The van der Waals surface area contributed by atoms with Gasteiger partial charge in [0, 0.05) is 11.6 Å². The summed E-state index contributed by atoms with van der Waals surface area (Å²) < 4.78 is 0. The van der Waals surface area contributed by atoms with Crippen LogP contribution >= 0.6 is 11.3 Å². The van der Waals surface area contributed by atoms with Crippen LogP contribution in [0.25, 0.3) is 0 Å². The number of carbonyl (C=O) groups excluding carboxylic acids is 1. The van der Waals surface area contributed by atoms with E-state index in [0.717, 1.165) is 13.1 Å². The van der Waals surface area contributed by atoms with Crippen molar-refractivity contribution in [1.29, 1.82) is 0 Å². The van der Waals surface area contributed by atoms with Gasteiger partial charge in [-0.05, 0) is 32.9 Å². The van der Waals surface area contributed by atoms with Crippen LogP contribution in [-0.2, 0) is 4.79 Å². The van der Waals surface area contributed by atoms with Crippen LogP contribution in [0, 0.1) is 0 Å². The van der Waals surface area contributed by atoms with Crippen molar-refractivity contribution in [2.75, 3.05) is 18.4 Å². The average Bonchev–Trinajstić information content (AvgIpc) is 2.68. The average molecular weight is 253 g/mol. The molecule has 94 valence electrons. The van der Waals surface area contributed by atoms with E-state index in [0.29, 0.717) is 5.13 Å². The summed E-state index contributed by atoms with van der Waals surface area (Å²) in [5, 5.41) is 5.42. The quantitative estimate of drug-likeness (QED) is 0.899. The minimum atomic E-state index is -0.0583. The molecule has 1 N–H and O–H groups in total. The second-order valence-corrected chi connectivity index (χ2v) is 5.35. The second-order valence-electron chi connectivity index (χ2n) is 4.45. The van der Waals surface area contributed by atoms with Gasteiger partial charge < -0.3 is 5.32 Å². The Morgan fingerprint density at radius 2 is 2.12 bits per heavy atom. The molecule has 4 nitrogen and oxygen atoms in total. The molecule has 1 amide bonds. The molecular formula is C12H19N3OS. The Labute approximate surface area is 106 Å². The monoisotopic (exact) mass is 253 g/mol. The van der Waals surface area contributed by atoms with Gasteiger partial charge in [-0.25, -0.2) is 4.98 Å². The van der Waals surface area contributed by atoms with Crippen LogP contribution < -0.4 is 5.32 Å². The lowest BCUT2D eigenvalue weighted by molar-refractivity contribution is -0.120. The number of amides is 1. The van der Waals surface area contributed by atoms with E-state index in [1.54, 1.807) is 6.20 Å². The molecule has 1 fully saturated rings. The van der Waals surface area contributed by atoms with Gasteiger partial charge in [-0.2, -0.15) is 0 Å². The number of likely N-dealkylation sites (tertiary alicyclic amines) is 1. The molecule has 2 heterocycles. The van der Waals surface area contributed by atoms with Gasteiger partial charge in [-0.1, -0.05) is 12.8 Å². The number of hydrogen-bond donors (Lipinski definition) is 1. The van der Waals surface area contributed by atoms with Crippen molar-refractivity contribution < 1.29 is 4.79 Å². The van der Waals surface area contributed by atoms with E-state index in [2.05, 4.69) is 15.2 Å². The summed E-state index contributed by atoms with van der Waals surface area (Å²) in [5.41, 5.74) is 0. The maximum Gasteiger partial charge on any atom is 0.243 e. The van der Waals surface area contributed by atoms with Gasteiger partial charge in [0.05, 0.1) is 6.04 Å². The first kappa shape index (κ1) is 12.5. The van der Waals surface area contributed by atoms with Crippen LogP contribution in [0.15, 0.2) is 11.6 Å². The first-order valence-electron chi connectivity index (χ1n) is 6.22. The minimum absolute atomic E-state index is 0.0573. The summed E-state index contributed by atoms with van der Waals surface area (Å²) in [4.78, 5) is 18.4. The van der Waals surface area contributed by atoms with Crippen LogP contribution in [-0.4, -0.2) is 34.9 Å². The first-order chi connectivity index (χ1) is 8.27. The molecule has 0 bridgehead atoms. The lowest BCUT2D eigenvalue weighted by Crippen LogP contribution is -2.42. The smallest absolute Gasteiger partial charge is 0.243 e. The second kappa shape index (κ2) is 6.12. The van der Waals surface area contributed by atoms with E-state index < -0.39 is 0 Å². The van der Waals surface area contributed by atoms with Gasteiger partial charge >= 0.3 is 0 Å².